The van der Waals surface area contributed by atoms with E-state index in [-0.39, 0.29) is 15.6 Å². The molecule has 0 saturated heterocycles. The van der Waals surface area contributed by atoms with Gasteiger partial charge in [0.25, 0.3) is 10.0 Å². The topological polar surface area (TPSA) is 81.4 Å². The van der Waals surface area contributed by atoms with Crippen LogP contribution in [0, 0.1) is 0 Å². The van der Waals surface area contributed by atoms with Gasteiger partial charge in [-0.2, -0.15) is 0 Å². The number of nitrogens with one attached hydrogen (secondary N) is 1. The second-order valence-corrected chi connectivity index (χ2v) is 8.39. The standard InChI is InChI=1S/C18H13Cl3N2O3S/c19-11-4-9-16(15(21)10-11)23-27(24,25)13-7-5-12(6-8-13)26-17-3-1-2-14(20)18(17)22/h1-10,23H,22H2. The van der Waals surface area contributed by atoms with E-state index >= 15 is 0 Å². The summed E-state index contributed by atoms with van der Waals surface area (Å²) in [7, 11) is -3.83. The van der Waals surface area contributed by atoms with E-state index < -0.39 is 10.0 Å². The maximum Gasteiger partial charge on any atom is 0.261 e. The molecule has 0 spiro atoms. The molecule has 0 saturated carbocycles. The van der Waals surface area contributed by atoms with Gasteiger partial charge in [-0.25, -0.2) is 8.42 Å². The van der Waals surface area contributed by atoms with Crippen LogP contribution in [0.1, 0.15) is 0 Å². The first-order valence-electron chi connectivity index (χ1n) is 7.56. The smallest absolute Gasteiger partial charge is 0.261 e. The van der Waals surface area contributed by atoms with E-state index in [0.717, 1.165) is 0 Å². The molecule has 140 valence electrons. The normalized spacial score (nSPS) is 11.2. The molecule has 0 fully saturated rings. The third-order valence-corrected chi connectivity index (χ3v) is 5.81. The largest absolute Gasteiger partial charge is 0.455 e. The first-order chi connectivity index (χ1) is 12.8. The summed E-state index contributed by atoms with van der Waals surface area (Å²) >= 11 is 17.8. The fraction of sp³-hybridized carbons (Fsp3) is 0. The zero-order valence-corrected chi connectivity index (χ0v) is 16.7. The van der Waals surface area contributed by atoms with Crippen molar-refractivity contribution in [2.24, 2.45) is 0 Å². The van der Waals surface area contributed by atoms with E-state index in [4.69, 9.17) is 45.3 Å². The summed E-state index contributed by atoms with van der Waals surface area (Å²) in [6, 6.07) is 15.3. The predicted molar refractivity (Wildman–Crippen MR) is 110 cm³/mol. The van der Waals surface area contributed by atoms with Crippen LogP contribution in [-0.4, -0.2) is 8.42 Å². The molecule has 3 aromatic rings. The Morgan fingerprint density at radius 3 is 2.26 bits per heavy atom. The Balaban J connectivity index is 1.80. The Hall–Kier alpha value is -2.12. The highest BCUT2D eigenvalue weighted by Gasteiger charge is 2.16. The minimum Gasteiger partial charge on any atom is -0.455 e. The van der Waals surface area contributed by atoms with Gasteiger partial charge in [0.15, 0.2) is 5.75 Å². The summed E-state index contributed by atoms with van der Waals surface area (Å²) in [6.45, 7) is 0. The number of nitrogen functional groups attached to an aromatic ring is 1. The van der Waals surface area contributed by atoms with Gasteiger partial charge >= 0.3 is 0 Å². The van der Waals surface area contributed by atoms with E-state index in [2.05, 4.69) is 4.72 Å². The van der Waals surface area contributed by atoms with Crippen LogP contribution < -0.4 is 15.2 Å². The molecule has 0 bridgehead atoms. The highest BCUT2D eigenvalue weighted by molar-refractivity contribution is 7.92. The molecule has 0 amide bonds. The number of nitrogens with two attached hydrogens (primary N) is 1. The Kier molecular flexibility index (Phi) is 5.72. The molecule has 0 aromatic heterocycles. The molecule has 27 heavy (non-hydrogen) atoms. The lowest BCUT2D eigenvalue weighted by Crippen LogP contribution is -2.13. The first-order valence-corrected chi connectivity index (χ1v) is 10.2. The van der Waals surface area contributed by atoms with E-state index in [9.17, 15) is 8.42 Å². The lowest BCUT2D eigenvalue weighted by Gasteiger charge is -2.12. The van der Waals surface area contributed by atoms with Gasteiger partial charge in [0.1, 0.15) is 5.75 Å². The van der Waals surface area contributed by atoms with E-state index in [1.165, 1.54) is 42.5 Å². The van der Waals surface area contributed by atoms with Gasteiger partial charge in [0.2, 0.25) is 0 Å². The van der Waals surface area contributed by atoms with Crippen molar-refractivity contribution < 1.29 is 13.2 Å². The zero-order chi connectivity index (χ0) is 19.6. The van der Waals surface area contributed by atoms with Crippen LogP contribution in [0.3, 0.4) is 0 Å². The highest BCUT2D eigenvalue weighted by Crippen LogP contribution is 2.33. The Morgan fingerprint density at radius 2 is 1.59 bits per heavy atom. The average Bonchev–Trinajstić information content (AvgIpc) is 2.62. The van der Waals surface area contributed by atoms with Crippen LogP contribution in [-0.2, 0) is 10.0 Å². The molecule has 0 heterocycles. The molecule has 0 aliphatic heterocycles. The number of rotatable bonds is 5. The van der Waals surface area contributed by atoms with Crippen molar-refractivity contribution >= 4 is 56.2 Å². The van der Waals surface area contributed by atoms with Crippen molar-refractivity contribution in [3.05, 3.63) is 75.7 Å². The summed E-state index contributed by atoms with van der Waals surface area (Å²) in [6.07, 6.45) is 0. The van der Waals surface area contributed by atoms with Crippen LogP contribution in [0.4, 0.5) is 11.4 Å². The molecule has 0 radical (unpaired) electrons. The molecule has 0 aliphatic rings. The van der Waals surface area contributed by atoms with E-state index in [1.54, 1.807) is 18.2 Å². The van der Waals surface area contributed by atoms with Crippen molar-refractivity contribution in [2.75, 3.05) is 10.5 Å². The fourth-order valence-corrected chi connectivity index (χ4v) is 3.95. The molecule has 0 atom stereocenters. The third kappa shape index (κ3) is 4.59. The first kappa shape index (κ1) is 19.6. The molecular formula is C18H13Cl3N2O3S. The lowest BCUT2D eigenvalue weighted by atomic mass is 10.3. The number of para-hydroxylation sites is 1. The van der Waals surface area contributed by atoms with Crippen LogP contribution >= 0.6 is 34.8 Å². The van der Waals surface area contributed by atoms with Gasteiger partial charge in [-0.3, -0.25) is 4.72 Å². The molecule has 3 rings (SSSR count). The number of halogens is 3. The van der Waals surface area contributed by atoms with Gasteiger partial charge in [-0.15, -0.1) is 0 Å². The number of hydrogen-bond acceptors (Lipinski definition) is 4. The molecule has 3 N–H and O–H groups in total. The number of ether oxygens (including phenoxy) is 1. The van der Waals surface area contributed by atoms with E-state index in [0.29, 0.717) is 27.2 Å². The number of sulfonamides is 1. The van der Waals surface area contributed by atoms with Gasteiger partial charge < -0.3 is 10.5 Å². The SMILES string of the molecule is Nc1c(Cl)cccc1Oc1ccc(S(=O)(=O)Nc2ccc(Cl)cc2Cl)cc1. The van der Waals surface area contributed by atoms with Crippen molar-refractivity contribution in [1.82, 2.24) is 0 Å². The van der Waals surface area contributed by atoms with Gasteiger partial charge in [0, 0.05) is 5.02 Å². The molecule has 0 unspecified atom stereocenters. The van der Waals surface area contributed by atoms with Crippen molar-refractivity contribution in [3.8, 4) is 11.5 Å². The summed E-state index contributed by atoms with van der Waals surface area (Å²) in [5, 5.41) is 0.975. The van der Waals surface area contributed by atoms with Gasteiger partial charge in [-0.05, 0) is 54.6 Å². The summed E-state index contributed by atoms with van der Waals surface area (Å²) in [5.41, 5.74) is 6.39. The Morgan fingerprint density at radius 1 is 0.889 bits per heavy atom. The number of benzene rings is 3. The minimum atomic E-state index is -3.83. The minimum absolute atomic E-state index is 0.0416. The van der Waals surface area contributed by atoms with E-state index in [1.807, 2.05) is 0 Å². The van der Waals surface area contributed by atoms with Crippen LogP contribution in [0.2, 0.25) is 15.1 Å². The van der Waals surface area contributed by atoms with Crippen LogP contribution in [0.25, 0.3) is 0 Å². The van der Waals surface area contributed by atoms with Crippen molar-refractivity contribution in [3.63, 3.8) is 0 Å². The molecule has 9 heteroatoms. The molecule has 5 nitrogen and oxygen atoms in total. The van der Waals surface area contributed by atoms with Crippen LogP contribution in [0.15, 0.2) is 65.6 Å². The predicted octanol–water partition coefficient (Wildman–Crippen LogP) is 5.82. The average molecular weight is 444 g/mol. The fourth-order valence-electron chi connectivity index (χ4n) is 2.20. The maximum absolute atomic E-state index is 12.5. The Bertz CT molecular complexity index is 1090. The molecule has 3 aromatic carbocycles. The van der Waals surface area contributed by atoms with Crippen molar-refractivity contribution in [2.45, 2.75) is 4.90 Å². The van der Waals surface area contributed by atoms with Gasteiger partial charge in [-0.1, -0.05) is 40.9 Å². The maximum atomic E-state index is 12.5. The summed E-state index contributed by atoms with van der Waals surface area (Å²) in [4.78, 5) is 0.0416. The monoisotopic (exact) mass is 442 g/mol. The van der Waals surface area contributed by atoms with Crippen molar-refractivity contribution in [1.29, 1.82) is 0 Å². The molecular weight excluding hydrogens is 431 g/mol. The number of anilines is 2. The summed E-state index contributed by atoms with van der Waals surface area (Å²) in [5.74, 6) is 0.789. The highest BCUT2D eigenvalue weighted by atomic mass is 35.5. The lowest BCUT2D eigenvalue weighted by molar-refractivity contribution is 0.484. The van der Waals surface area contributed by atoms with Gasteiger partial charge in [0.05, 0.1) is 26.3 Å². The zero-order valence-electron chi connectivity index (χ0n) is 13.6. The second kappa shape index (κ2) is 7.86. The third-order valence-electron chi connectivity index (χ3n) is 3.55. The summed E-state index contributed by atoms with van der Waals surface area (Å²) < 4.78 is 33.1. The number of hydrogen-bond donors (Lipinski definition) is 2. The quantitative estimate of drug-likeness (QED) is 0.487. The second-order valence-electron chi connectivity index (χ2n) is 5.45. The van der Waals surface area contributed by atoms with Crippen LogP contribution in [0.5, 0.6) is 11.5 Å². The molecule has 0 aliphatic carbocycles. The Labute approximate surface area is 171 Å².